The Morgan fingerprint density at radius 2 is 1.82 bits per heavy atom. The van der Waals surface area contributed by atoms with Crippen molar-refractivity contribution in [2.75, 3.05) is 38.8 Å². The van der Waals surface area contributed by atoms with E-state index >= 15 is 0 Å². The van der Waals surface area contributed by atoms with Gasteiger partial charge in [0, 0.05) is 30.3 Å². The van der Waals surface area contributed by atoms with E-state index in [2.05, 4.69) is 13.5 Å². The van der Waals surface area contributed by atoms with E-state index < -0.39 is 34.5 Å². The molecule has 5 aliphatic rings. The smallest absolute Gasteiger partial charge is 0.318 e. The predicted octanol–water partition coefficient (Wildman–Crippen LogP) is 2.46. The molecule has 3 aliphatic heterocycles. The number of hydrogen-bond donors (Lipinski definition) is 3. The van der Waals surface area contributed by atoms with E-state index in [1.165, 1.54) is 0 Å². The Kier molecular flexibility index (Phi) is 5.95. The molecule has 1 unspecified atom stereocenters. The number of ether oxygens (including phenoxy) is 1. The molecular weight excluding hydrogens is 496 g/mol. The van der Waals surface area contributed by atoms with Gasteiger partial charge in [0.25, 0.3) is 5.91 Å². The summed E-state index contributed by atoms with van der Waals surface area (Å²) in [6.07, 6.45) is 1.87. The molecule has 1 aromatic carbocycles. The number of benzene rings is 1. The van der Waals surface area contributed by atoms with Crippen molar-refractivity contribution in [3.05, 3.63) is 42.0 Å². The third-order valence-electron chi connectivity index (χ3n) is 12.0. The summed E-state index contributed by atoms with van der Waals surface area (Å²) < 4.78 is 5.60. The van der Waals surface area contributed by atoms with Gasteiger partial charge in [-0.2, -0.15) is 0 Å². The van der Waals surface area contributed by atoms with E-state index in [4.69, 9.17) is 4.74 Å². The molecule has 2 saturated carbocycles. The predicted molar refractivity (Wildman–Crippen MR) is 146 cm³/mol. The van der Waals surface area contributed by atoms with Crippen LogP contribution in [0, 0.1) is 34.0 Å². The van der Waals surface area contributed by atoms with E-state index in [9.17, 15) is 24.9 Å². The molecule has 6 rings (SSSR count). The van der Waals surface area contributed by atoms with Crippen molar-refractivity contribution in [2.24, 2.45) is 34.0 Å². The maximum atomic E-state index is 14.3. The van der Waals surface area contributed by atoms with Gasteiger partial charge in [0.2, 0.25) is 0 Å². The first-order valence-corrected chi connectivity index (χ1v) is 14.3. The van der Waals surface area contributed by atoms with E-state index in [-0.39, 0.29) is 42.3 Å². The highest BCUT2D eigenvalue weighted by molar-refractivity contribution is 6.11. The number of amides is 1. The number of para-hydroxylation sites is 1. The fourth-order valence-electron chi connectivity index (χ4n) is 10.1. The largest absolute Gasteiger partial charge is 0.462 e. The van der Waals surface area contributed by atoms with Crippen molar-refractivity contribution in [3.8, 4) is 0 Å². The van der Waals surface area contributed by atoms with Crippen LogP contribution in [-0.4, -0.2) is 78.2 Å². The number of likely N-dealkylation sites (tertiary alicyclic amines) is 1. The van der Waals surface area contributed by atoms with Crippen LogP contribution in [0.15, 0.2) is 36.4 Å². The highest BCUT2D eigenvalue weighted by Crippen LogP contribution is 2.68. The molecule has 0 radical (unpaired) electrons. The maximum absolute atomic E-state index is 14.3. The molecule has 9 atom stereocenters. The van der Waals surface area contributed by atoms with Gasteiger partial charge in [0.05, 0.1) is 12.7 Å². The Morgan fingerprint density at radius 1 is 1.10 bits per heavy atom. The Morgan fingerprint density at radius 3 is 2.49 bits per heavy atom. The lowest BCUT2D eigenvalue weighted by molar-refractivity contribution is -0.166. The summed E-state index contributed by atoms with van der Waals surface area (Å²) in [4.78, 5) is 31.9. The summed E-state index contributed by atoms with van der Waals surface area (Å²) in [6.45, 7) is 8.97. The van der Waals surface area contributed by atoms with Crippen LogP contribution in [0.1, 0.15) is 51.5 Å². The molecule has 2 aliphatic carbocycles. The molecule has 8 nitrogen and oxygen atoms in total. The average molecular weight is 539 g/mol. The number of rotatable bonds is 3. The van der Waals surface area contributed by atoms with Gasteiger partial charge < -0.3 is 25.0 Å². The van der Waals surface area contributed by atoms with E-state index in [1.54, 1.807) is 11.9 Å². The summed E-state index contributed by atoms with van der Waals surface area (Å²) in [7, 11) is 3.61. The summed E-state index contributed by atoms with van der Waals surface area (Å²) in [6, 6.07) is 7.56. The van der Waals surface area contributed by atoms with Gasteiger partial charge in [0.1, 0.15) is 23.7 Å². The molecule has 3 heterocycles. The first kappa shape index (κ1) is 26.9. The highest BCUT2D eigenvalue weighted by atomic mass is 16.6. The minimum absolute atomic E-state index is 0.00475. The van der Waals surface area contributed by atoms with Crippen LogP contribution in [0.5, 0.6) is 0 Å². The summed E-state index contributed by atoms with van der Waals surface area (Å²) in [5.41, 5.74) is -1.10. The standard InChI is InChI=1S/C31H42N2O6/c1-18-10-11-23-28(2,13-12-24(35)29(23,3)17-34)21(18)14-19-15-32(4)31(30(19)25(36)16-39-27(30)38)20-8-6-7-9-22(20)33(5)26(31)37/h6-9,19,21,23-25,34-36H,1,10-17H2,2-5H3/t19?,21-,23+,24-,25-,28+,29+,30-,31+/m1/s1. The van der Waals surface area contributed by atoms with E-state index in [0.717, 1.165) is 36.1 Å². The lowest BCUT2D eigenvalue weighted by Crippen LogP contribution is -2.63. The van der Waals surface area contributed by atoms with Crippen LogP contribution < -0.4 is 4.90 Å². The topological polar surface area (TPSA) is 111 Å². The number of likely N-dealkylation sites (N-methyl/N-ethyl adjacent to an activating group) is 2. The zero-order chi connectivity index (χ0) is 28.1. The molecule has 212 valence electrons. The normalized spacial score (nSPS) is 45.8. The van der Waals surface area contributed by atoms with Crippen LogP contribution in [0.4, 0.5) is 5.69 Å². The molecular formula is C31H42N2O6. The molecule has 39 heavy (non-hydrogen) atoms. The Labute approximate surface area is 230 Å². The van der Waals surface area contributed by atoms with Crippen LogP contribution in [0.3, 0.4) is 0 Å². The number of carbonyl (C=O) groups excluding carboxylic acids is 2. The second-order valence-electron chi connectivity index (χ2n) is 13.4. The van der Waals surface area contributed by atoms with Gasteiger partial charge >= 0.3 is 5.97 Å². The third-order valence-corrected chi connectivity index (χ3v) is 12.0. The Hall–Kier alpha value is -2.26. The number of aliphatic hydroxyl groups is 3. The van der Waals surface area contributed by atoms with Crippen LogP contribution in [-0.2, 0) is 19.9 Å². The molecule has 4 fully saturated rings. The number of esters is 1. The summed E-state index contributed by atoms with van der Waals surface area (Å²) >= 11 is 0. The fourth-order valence-corrected chi connectivity index (χ4v) is 10.1. The van der Waals surface area contributed by atoms with Gasteiger partial charge in [-0.25, -0.2) is 0 Å². The number of nitrogens with zero attached hydrogens (tertiary/aromatic N) is 2. The number of fused-ring (bicyclic) bond motifs is 4. The van der Waals surface area contributed by atoms with Crippen molar-refractivity contribution < 1.29 is 29.6 Å². The lowest BCUT2D eigenvalue weighted by Gasteiger charge is -2.60. The van der Waals surface area contributed by atoms with Gasteiger partial charge in [0.15, 0.2) is 0 Å². The number of anilines is 1. The number of aliphatic hydroxyl groups excluding tert-OH is 3. The molecule has 8 heteroatoms. The van der Waals surface area contributed by atoms with E-state index in [0.29, 0.717) is 19.4 Å². The van der Waals surface area contributed by atoms with Crippen molar-refractivity contribution in [1.29, 1.82) is 0 Å². The second kappa shape index (κ2) is 8.62. The van der Waals surface area contributed by atoms with Crippen LogP contribution >= 0.6 is 0 Å². The molecule has 3 N–H and O–H groups in total. The van der Waals surface area contributed by atoms with Crippen molar-refractivity contribution in [2.45, 2.75) is 63.7 Å². The zero-order valence-electron chi connectivity index (χ0n) is 23.5. The van der Waals surface area contributed by atoms with Gasteiger partial charge in [-0.1, -0.05) is 44.2 Å². The molecule has 2 spiro atoms. The summed E-state index contributed by atoms with van der Waals surface area (Å²) in [5, 5.41) is 33.1. The molecule has 1 aromatic rings. The van der Waals surface area contributed by atoms with Crippen LogP contribution in [0.25, 0.3) is 0 Å². The number of allylic oxidation sites excluding steroid dienone is 1. The highest BCUT2D eigenvalue weighted by Gasteiger charge is 2.79. The van der Waals surface area contributed by atoms with E-state index in [1.807, 2.05) is 43.1 Å². The number of carbonyl (C=O) groups is 2. The Balaban J connectivity index is 1.48. The zero-order valence-corrected chi connectivity index (χ0v) is 23.5. The van der Waals surface area contributed by atoms with Crippen molar-refractivity contribution in [1.82, 2.24) is 4.90 Å². The van der Waals surface area contributed by atoms with Gasteiger partial charge in [-0.3, -0.25) is 14.5 Å². The van der Waals surface area contributed by atoms with Crippen molar-refractivity contribution >= 4 is 17.6 Å². The summed E-state index contributed by atoms with van der Waals surface area (Å²) in [5.74, 6) is -0.999. The minimum Gasteiger partial charge on any atom is -0.462 e. The fraction of sp³-hybridized carbons (Fsp3) is 0.677. The first-order chi connectivity index (χ1) is 18.4. The second-order valence-corrected chi connectivity index (χ2v) is 13.4. The molecule has 2 saturated heterocycles. The number of hydrogen-bond acceptors (Lipinski definition) is 7. The van der Waals surface area contributed by atoms with Gasteiger partial charge in [-0.05, 0) is 68.4 Å². The SMILES string of the molecule is C=C1CC[C@@H]2[C@](C)(CO)[C@H](O)CC[C@@]2(C)[C@@H]1CC1CN(C)[C@@]2(C(=O)N(C)c3ccccc32)[C@]12C(=O)OC[C@H]2O. The van der Waals surface area contributed by atoms with Crippen molar-refractivity contribution in [3.63, 3.8) is 0 Å². The minimum atomic E-state index is -1.46. The first-order valence-electron chi connectivity index (χ1n) is 14.3. The average Bonchev–Trinajstić information content (AvgIpc) is 3.45. The lowest BCUT2D eigenvalue weighted by atomic mass is 9.45. The number of cyclic esters (lactones) is 1. The molecule has 1 amide bonds. The third kappa shape index (κ3) is 2.99. The maximum Gasteiger partial charge on any atom is 0.318 e. The quantitative estimate of drug-likeness (QED) is 0.401. The molecule has 0 bridgehead atoms. The monoisotopic (exact) mass is 538 g/mol. The van der Waals surface area contributed by atoms with Gasteiger partial charge in [-0.15, -0.1) is 0 Å². The van der Waals surface area contributed by atoms with Crippen LogP contribution in [0.2, 0.25) is 0 Å². The Bertz CT molecular complexity index is 1240. The molecule has 0 aromatic heterocycles.